The van der Waals surface area contributed by atoms with Crippen LogP contribution in [0.2, 0.25) is 0 Å². The standard InChI is InChI=1S/C12H16O4S2/c1-2-9-18(15,16)11-6-4-3-5-10(11)17-8-7-12(13)14/h3-6H,2,7-9H2,1H3,(H,13,14). The summed E-state index contributed by atoms with van der Waals surface area (Å²) in [7, 11) is -3.26. The Morgan fingerprint density at radius 3 is 2.61 bits per heavy atom. The van der Waals surface area contributed by atoms with Crippen LogP contribution in [0.25, 0.3) is 0 Å². The highest BCUT2D eigenvalue weighted by molar-refractivity contribution is 8.00. The second kappa shape index (κ2) is 6.80. The van der Waals surface area contributed by atoms with Crippen molar-refractivity contribution in [2.75, 3.05) is 11.5 Å². The minimum absolute atomic E-state index is 0.0207. The van der Waals surface area contributed by atoms with Crippen LogP contribution < -0.4 is 0 Å². The fourth-order valence-corrected chi connectivity index (χ4v) is 4.31. The Morgan fingerprint density at radius 1 is 1.33 bits per heavy atom. The molecule has 18 heavy (non-hydrogen) atoms. The Morgan fingerprint density at radius 2 is 2.00 bits per heavy atom. The first-order valence-electron chi connectivity index (χ1n) is 5.63. The number of carboxylic acids is 1. The van der Waals surface area contributed by atoms with E-state index in [1.54, 1.807) is 24.3 Å². The summed E-state index contributed by atoms with van der Waals surface area (Å²) in [5, 5.41) is 8.57. The SMILES string of the molecule is CCCS(=O)(=O)c1ccccc1SCCC(=O)O. The fraction of sp³-hybridized carbons (Fsp3) is 0.417. The van der Waals surface area contributed by atoms with E-state index in [0.29, 0.717) is 22.0 Å². The van der Waals surface area contributed by atoms with E-state index in [0.717, 1.165) is 0 Å². The van der Waals surface area contributed by atoms with Gasteiger partial charge in [0.05, 0.1) is 17.1 Å². The lowest BCUT2D eigenvalue weighted by molar-refractivity contribution is -0.136. The molecule has 100 valence electrons. The average Bonchev–Trinajstić information content (AvgIpc) is 2.29. The molecule has 1 aromatic carbocycles. The second-order valence-corrected chi connectivity index (χ2v) is 6.97. The first-order valence-corrected chi connectivity index (χ1v) is 8.27. The van der Waals surface area contributed by atoms with E-state index in [1.807, 2.05) is 6.92 Å². The van der Waals surface area contributed by atoms with Gasteiger partial charge in [0.1, 0.15) is 0 Å². The summed E-state index contributed by atoms with van der Waals surface area (Å²) in [6, 6.07) is 6.74. The highest BCUT2D eigenvalue weighted by Gasteiger charge is 2.17. The third kappa shape index (κ3) is 4.34. The highest BCUT2D eigenvalue weighted by atomic mass is 32.2. The molecule has 0 radical (unpaired) electrons. The first-order chi connectivity index (χ1) is 8.47. The van der Waals surface area contributed by atoms with E-state index >= 15 is 0 Å². The van der Waals surface area contributed by atoms with Gasteiger partial charge in [-0.2, -0.15) is 0 Å². The Labute approximate surface area is 111 Å². The molecule has 1 N–H and O–H groups in total. The zero-order valence-corrected chi connectivity index (χ0v) is 11.8. The van der Waals surface area contributed by atoms with Gasteiger partial charge in [-0.15, -0.1) is 11.8 Å². The van der Waals surface area contributed by atoms with Crippen molar-refractivity contribution in [2.24, 2.45) is 0 Å². The summed E-state index contributed by atoms with van der Waals surface area (Å²) in [6.45, 7) is 1.82. The second-order valence-electron chi connectivity index (χ2n) is 3.76. The van der Waals surface area contributed by atoms with Crippen molar-refractivity contribution >= 4 is 27.6 Å². The fourth-order valence-electron chi connectivity index (χ4n) is 1.45. The van der Waals surface area contributed by atoms with Gasteiger partial charge in [-0.3, -0.25) is 4.79 Å². The lowest BCUT2D eigenvalue weighted by Crippen LogP contribution is -2.07. The molecule has 0 saturated heterocycles. The van der Waals surface area contributed by atoms with E-state index in [-0.39, 0.29) is 12.2 Å². The van der Waals surface area contributed by atoms with Gasteiger partial charge in [0.25, 0.3) is 0 Å². The van der Waals surface area contributed by atoms with E-state index in [9.17, 15) is 13.2 Å². The summed E-state index contributed by atoms with van der Waals surface area (Å²) in [4.78, 5) is 11.4. The normalized spacial score (nSPS) is 11.4. The van der Waals surface area contributed by atoms with Crippen LogP contribution in [-0.2, 0) is 14.6 Å². The van der Waals surface area contributed by atoms with E-state index < -0.39 is 15.8 Å². The number of hydrogen-bond donors (Lipinski definition) is 1. The zero-order chi connectivity index (χ0) is 13.6. The Kier molecular flexibility index (Phi) is 5.68. The lowest BCUT2D eigenvalue weighted by atomic mass is 10.4. The van der Waals surface area contributed by atoms with Gasteiger partial charge in [0.2, 0.25) is 0 Å². The summed E-state index contributed by atoms with van der Waals surface area (Å²) in [6.07, 6.45) is 0.587. The lowest BCUT2D eigenvalue weighted by Gasteiger charge is -2.08. The molecule has 0 amide bonds. The average molecular weight is 288 g/mol. The van der Waals surface area contributed by atoms with Crippen LogP contribution in [-0.4, -0.2) is 31.0 Å². The van der Waals surface area contributed by atoms with Crippen LogP contribution in [0.1, 0.15) is 19.8 Å². The molecule has 0 aliphatic rings. The minimum atomic E-state index is -3.26. The third-order valence-electron chi connectivity index (χ3n) is 2.23. The van der Waals surface area contributed by atoms with Crippen LogP contribution in [0.3, 0.4) is 0 Å². The molecule has 0 spiro atoms. The predicted octanol–water partition coefficient (Wildman–Crippen LogP) is 2.44. The Balaban J connectivity index is 2.89. The van der Waals surface area contributed by atoms with Gasteiger partial charge < -0.3 is 5.11 Å². The van der Waals surface area contributed by atoms with Crippen LogP contribution in [0, 0.1) is 0 Å². The van der Waals surface area contributed by atoms with Crippen LogP contribution in [0.15, 0.2) is 34.1 Å². The Bertz CT molecular complexity index is 509. The first kappa shape index (κ1) is 15.0. The number of hydrogen-bond acceptors (Lipinski definition) is 4. The monoisotopic (exact) mass is 288 g/mol. The largest absolute Gasteiger partial charge is 0.481 e. The molecule has 0 fully saturated rings. The minimum Gasteiger partial charge on any atom is -0.481 e. The summed E-state index contributed by atoms with van der Waals surface area (Å²) in [5.41, 5.74) is 0. The molecule has 0 saturated carbocycles. The number of thioether (sulfide) groups is 1. The smallest absolute Gasteiger partial charge is 0.304 e. The van der Waals surface area contributed by atoms with Crippen molar-refractivity contribution in [3.63, 3.8) is 0 Å². The van der Waals surface area contributed by atoms with Crippen molar-refractivity contribution in [1.29, 1.82) is 0 Å². The molecular weight excluding hydrogens is 272 g/mol. The molecular formula is C12H16O4S2. The zero-order valence-electron chi connectivity index (χ0n) is 10.1. The maximum Gasteiger partial charge on any atom is 0.304 e. The molecule has 0 unspecified atom stereocenters. The van der Waals surface area contributed by atoms with Crippen LogP contribution >= 0.6 is 11.8 Å². The van der Waals surface area contributed by atoms with Crippen molar-refractivity contribution in [2.45, 2.75) is 29.6 Å². The van der Waals surface area contributed by atoms with E-state index in [1.165, 1.54) is 11.8 Å². The number of carboxylic acid groups (broad SMARTS) is 1. The molecule has 0 aliphatic heterocycles. The molecule has 0 bridgehead atoms. The van der Waals surface area contributed by atoms with Gasteiger partial charge in [-0.25, -0.2) is 8.42 Å². The highest BCUT2D eigenvalue weighted by Crippen LogP contribution is 2.27. The molecule has 0 atom stereocenters. The molecule has 1 aromatic rings. The summed E-state index contributed by atoms with van der Waals surface area (Å²) < 4.78 is 24.0. The number of aliphatic carboxylic acids is 1. The molecule has 0 aromatic heterocycles. The number of benzene rings is 1. The number of rotatable bonds is 7. The molecule has 4 nitrogen and oxygen atoms in total. The third-order valence-corrected chi connectivity index (χ3v) is 5.41. The maximum atomic E-state index is 12.0. The summed E-state index contributed by atoms with van der Waals surface area (Å²) in [5.74, 6) is -0.395. The predicted molar refractivity (Wildman–Crippen MR) is 71.8 cm³/mol. The van der Waals surface area contributed by atoms with Gasteiger partial charge in [0.15, 0.2) is 9.84 Å². The quantitative estimate of drug-likeness (QED) is 0.780. The van der Waals surface area contributed by atoms with Gasteiger partial charge in [0, 0.05) is 10.6 Å². The molecule has 0 heterocycles. The van der Waals surface area contributed by atoms with Crippen molar-refractivity contribution in [1.82, 2.24) is 0 Å². The maximum absolute atomic E-state index is 12.0. The topological polar surface area (TPSA) is 71.4 Å². The Hall–Kier alpha value is -1.01. The van der Waals surface area contributed by atoms with Gasteiger partial charge >= 0.3 is 5.97 Å². The van der Waals surface area contributed by atoms with Crippen LogP contribution in [0.4, 0.5) is 0 Å². The number of sulfone groups is 1. The number of carbonyl (C=O) groups is 1. The van der Waals surface area contributed by atoms with Gasteiger partial charge in [-0.1, -0.05) is 19.1 Å². The van der Waals surface area contributed by atoms with Crippen molar-refractivity contribution in [3.05, 3.63) is 24.3 Å². The van der Waals surface area contributed by atoms with E-state index in [2.05, 4.69) is 0 Å². The van der Waals surface area contributed by atoms with Crippen molar-refractivity contribution in [3.8, 4) is 0 Å². The van der Waals surface area contributed by atoms with Crippen LogP contribution in [0.5, 0.6) is 0 Å². The molecule has 1 rings (SSSR count). The molecule has 6 heteroatoms. The van der Waals surface area contributed by atoms with E-state index in [4.69, 9.17) is 5.11 Å². The molecule has 0 aliphatic carbocycles. The summed E-state index contributed by atoms with van der Waals surface area (Å²) >= 11 is 1.27. The van der Waals surface area contributed by atoms with Crippen molar-refractivity contribution < 1.29 is 18.3 Å². The van der Waals surface area contributed by atoms with Gasteiger partial charge in [-0.05, 0) is 18.6 Å².